The SMILES string of the molecule is CC(=O)CC[C@H]1CN(c2ccc(N3CCON(C(=O)C4(C(=O)O)CC4)CC3)c(F)c2)C(=O)O1. The number of cyclic esters (lactones) is 1. The van der Waals surface area contributed by atoms with Crippen molar-refractivity contribution in [1.29, 1.82) is 0 Å². The molecule has 2 aliphatic heterocycles. The van der Waals surface area contributed by atoms with Crippen LogP contribution in [0.3, 0.4) is 0 Å². The molecule has 1 aliphatic carbocycles. The number of benzene rings is 1. The molecule has 33 heavy (non-hydrogen) atoms. The van der Waals surface area contributed by atoms with E-state index in [1.807, 2.05) is 0 Å². The number of nitrogens with zero attached hydrogens (tertiary/aromatic N) is 3. The van der Waals surface area contributed by atoms with Crippen molar-refractivity contribution < 1.29 is 38.2 Å². The molecule has 0 aromatic heterocycles. The molecule has 10 nitrogen and oxygen atoms in total. The minimum atomic E-state index is -1.39. The second kappa shape index (κ2) is 8.97. The van der Waals surface area contributed by atoms with E-state index in [-0.39, 0.29) is 50.6 Å². The fraction of sp³-hybridized carbons (Fsp3) is 0.545. The zero-order chi connectivity index (χ0) is 23.8. The Balaban J connectivity index is 1.40. The van der Waals surface area contributed by atoms with E-state index in [0.717, 1.165) is 5.06 Å². The number of amides is 2. The summed E-state index contributed by atoms with van der Waals surface area (Å²) in [6, 6.07) is 4.42. The van der Waals surface area contributed by atoms with E-state index in [1.165, 1.54) is 17.9 Å². The van der Waals surface area contributed by atoms with Crippen LogP contribution < -0.4 is 9.80 Å². The van der Waals surface area contributed by atoms with Crippen molar-refractivity contribution in [2.24, 2.45) is 5.41 Å². The standard InChI is InChI=1S/C22H26FN3O7/c1-14(27)2-4-16-13-25(21(31)33-16)15-3-5-18(17(23)12-15)24-8-9-26(32-11-10-24)19(28)22(6-7-22)20(29)30/h3,5,12,16H,2,4,6-11,13H2,1H3,(H,29,30)/t16-/m0/s1. The van der Waals surface area contributed by atoms with Crippen LogP contribution in [-0.2, 0) is 24.0 Å². The number of ether oxygens (including phenoxy) is 1. The summed E-state index contributed by atoms with van der Waals surface area (Å²) in [6.07, 6.45) is 0.301. The Morgan fingerprint density at radius 1 is 1.21 bits per heavy atom. The molecule has 4 rings (SSSR count). The second-order valence-corrected chi connectivity index (χ2v) is 8.61. The minimum absolute atomic E-state index is 0.0110. The van der Waals surface area contributed by atoms with E-state index >= 15 is 0 Å². The Hall–Kier alpha value is -3.21. The number of rotatable bonds is 7. The quantitative estimate of drug-likeness (QED) is 0.610. The molecule has 1 atom stereocenters. The van der Waals surface area contributed by atoms with E-state index in [4.69, 9.17) is 9.57 Å². The van der Waals surface area contributed by atoms with Gasteiger partial charge in [0, 0.05) is 19.5 Å². The summed E-state index contributed by atoms with van der Waals surface area (Å²) in [7, 11) is 0. The lowest BCUT2D eigenvalue weighted by Crippen LogP contribution is -2.42. The summed E-state index contributed by atoms with van der Waals surface area (Å²) in [5, 5.41) is 10.4. The molecule has 2 heterocycles. The van der Waals surface area contributed by atoms with Crippen molar-refractivity contribution >= 4 is 35.1 Å². The van der Waals surface area contributed by atoms with Gasteiger partial charge in [0.05, 0.1) is 31.1 Å². The van der Waals surface area contributed by atoms with Crippen LogP contribution in [-0.4, -0.2) is 72.8 Å². The first-order valence-electron chi connectivity index (χ1n) is 10.9. The third-order valence-corrected chi connectivity index (χ3v) is 6.25. The molecular weight excluding hydrogens is 437 g/mol. The molecule has 11 heteroatoms. The Bertz CT molecular complexity index is 981. The average Bonchev–Trinajstić information content (AvgIpc) is 3.54. The van der Waals surface area contributed by atoms with Gasteiger partial charge in [-0.1, -0.05) is 0 Å². The van der Waals surface area contributed by atoms with Crippen LogP contribution in [0.4, 0.5) is 20.6 Å². The largest absolute Gasteiger partial charge is 0.480 e. The van der Waals surface area contributed by atoms with E-state index in [1.54, 1.807) is 17.0 Å². The summed E-state index contributed by atoms with van der Waals surface area (Å²) < 4.78 is 20.3. The summed E-state index contributed by atoms with van der Waals surface area (Å²) in [5.74, 6) is -2.25. The van der Waals surface area contributed by atoms with Crippen molar-refractivity contribution in [3.05, 3.63) is 24.0 Å². The molecule has 2 amide bonds. The number of anilines is 2. The lowest BCUT2D eigenvalue weighted by molar-refractivity contribution is -0.191. The van der Waals surface area contributed by atoms with Gasteiger partial charge in [-0.3, -0.25) is 19.3 Å². The van der Waals surface area contributed by atoms with E-state index in [0.29, 0.717) is 25.1 Å². The van der Waals surface area contributed by atoms with Crippen molar-refractivity contribution in [3.8, 4) is 0 Å². The normalized spacial score (nSPS) is 22.1. The Morgan fingerprint density at radius 2 is 1.97 bits per heavy atom. The highest BCUT2D eigenvalue weighted by Gasteiger charge is 2.59. The van der Waals surface area contributed by atoms with E-state index in [2.05, 4.69) is 0 Å². The van der Waals surface area contributed by atoms with Gasteiger partial charge in [-0.05, 0) is 44.4 Å². The fourth-order valence-electron chi connectivity index (χ4n) is 4.10. The number of Topliss-reactive ketones (excluding diaryl/α,β-unsaturated/α-hetero) is 1. The molecule has 0 bridgehead atoms. The third kappa shape index (κ3) is 4.63. The van der Waals surface area contributed by atoms with Crippen LogP contribution >= 0.6 is 0 Å². The van der Waals surface area contributed by atoms with Gasteiger partial charge in [-0.25, -0.2) is 14.2 Å². The lowest BCUT2D eigenvalue weighted by Gasteiger charge is -2.24. The molecule has 1 N–H and O–H groups in total. The first-order valence-corrected chi connectivity index (χ1v) is 10.9. The Labute approximate surface area is 189 Å². The van der Waals surface area contributed by atoms with Crippen molar-refractivity contribution in [3.63, 3.8) is 0 Å². The number of aliphatic carboxylic acids is 1. The van der Waals surface area contributed by atoms with E-state index in [9.17, 15) is 28.7 Å². The molecule has 3 fully saturated rings. The summed E-state index contributed by atoms with van der Waals surface area (Å²) in [4.78, 5) is 55.9. The molecule has 0 radical (unpaired) electrons. The van der Waals surface area contributed by atoms with Gasteiger partial charge in [-0.15, -0.1) is 0 Å². The maximum atomic E-state index is 15.0. The molecule has 1 aromatic carbocycles. The summed E-state index contributed by atoms with van der Waals surface area (Å²) >= 11 is 0. The van der Waals surface area contributed by atoms with Gasteiger partial charge in [-0.2, -0.15) is 0 Å². The number of carboxylic acid groups (broad SMARTS) is 1. The number of carbonyl (C=O) groups is 4. The van der Waals surface area contributed by atoms with Crippen LogP contribution in [0.1, 0.15) is 32.6 Å². The number of carboxylic acids is 1. The average molecular weight is 463 g/mol. The lowest BCUT2D eigenvalue weighted by atomic mass is 10.1. The monoisotopic (exact) mass is 463 g/mol. The number of halogens is 1. The molecule has 0 unspecified atom stereocenters. The van der Waals surface area contributed by atoms with Crippen LogP contribution in [0, 0.1) is 11.2 Å². The molecule has 178 valence electrons. The number of ketones is 1. The summed E-state index contributed by atoms with van der Waals surface area (Å²) in [5.41, 5.74) is -0.752. The fourth-order valence-corrected chi connectivity index (χ4v) is 4.10. The highest BCUT2D eigenvalue weighted by atomic mass is 19.1. The first kappa shape index (κ1) is 23.0. The predicted octanol–water partition coefficient (Wildman–Crippen LogP) is 1.97. The van der Waals surface area contributed by atoms with Crippen LogP contribution in [0.25, 0.3) is 0 Å². The maximum Gasteiger partial charge on any atom is 0.414 e. The number of carbonyl (C=O) groups excluding carboxylic acids is 3. The van der Waals surface area contributed by atoms with Gasteiger partial charge >= 0.3 is 12.1 Å². The van der Waals surface area contributed by atoms with Gasteiger partial charge < -0.3 is 19.5 Å². The van der Waals surface area contributed by atoms with E-state index < -0.39 is 35.3 Å². The molecule has 2 saturated heterocycles. The molecule has 1 saturated carbocycles. The molecular formula is C22H26FN3O7. The smallest absolute Gasteiger partial charge is 0.414 e. The highest BCUT2D eigenvalue weighted by Crippen LogP contribution is 2.47. The molecule has 0 spiro atoms. The molecule has 1 aromatic rings. The summed E-state index contributed by atoms with van der Waals surface area (Å²) in [6.45, 7) is 2.48. The van der Waals surface area contributed by atoms with Gasteiger partial charge in [0.1, 0.15) is 23.1 Å². The van der Waals surface area contributed by atoms with Gasteiger partial charge in [0.25, 0.3) is 5.91 Å². The van der Waals surface area contributed by atoms with Crippen molar-refractivity contribution in [2.45, 2.75) is 38.7 Å². The van der Waals surface area contributed by atoms with Crippen LogP contribution in [0.15, 0.2) is 18.2 Å². The van der Waals surface area contributed by atoms with Gasteiger partial charge in [0.15, 0.2) is 0 Å². The maximum absolute atomic E-state index is 15.0. The Kier molecular flexibility index (Phi) is 6.24. The first-order chi connectivity index (χ1) is 15.7. The topological polar surface area (TPSA) is 117 Å². The van der Waals surface area contributed by atoms with Crippen LogP contribution in [0.5, 0.6) is 0 Å². The number of hydrogen-bond acceptors (Lipinski definition) is 7. The third-order valence-electron chi connectivity index (χ3n) is 6.25. The molecule has 3 aliphatic rings. The second-order valence-electron chi connectivity index (χ2n) is 8.61. The Morgan fingerprint density at radius 3 is 2.61 bits per heavy atom. The zero-order valence-corrected chi connectivity index (χ0v) is 18.3. The zero-order valence-electron chi connectivity index (χ0n) is 18.3. The number of hydrogen-bond donors (Lipinski definition) is 1. The van der Waals surface area contributed by atoms with Crippen molar-refractivity contribution in [1.82, 2.24) is 5.06 Å². The highest BCUT2D eigenvalue weighted by molar-refractivity contribution is 6.04. The minimum Gasteiger partial charge on any atom is -0.480 e. The number of hydroxylamine groups is 2. The predicted molar refractivity (Wildman–Crippen MR) is 113 cm³/mol. The van der Waals surface area contributed by atoms with Gasteiger partial charge in [0.2, 0.25) is 0 Å². The van der Waals surface area contributed by atoms with Crippen LogP contribution in [0.2, 0.25) is 0 Å². The van der Waals surface area contributed by atoms with Crippen molar-refractivity contribution in [2.75, 3.05) is 42.6 Å².